The van der Waals surface area contributed by atoms with E-state index in [1.807, 2.05) is 13.0 Å². The summed E-state index contributed by atoms with van der Waals surface area (Å²) in [5.41, 5.74) is 3.97. The predicted octanol–water partition coefficient (Wildman–Crippen LogP) is 1.43. The van der Waals surface area contributed by atoms with Crippen molar-refractivity contribution in [2.24, 2.45) is 23.5 Å². The zero-order valence-corrected chi connectivity index (χ0v) is 22.5. The van der Waals surface area contributed by atoms with Crippen LogP contribution in [-0.4, -0.2) is 75.1 Å². The maximum Gasteiger partial charge on any atom is 0.255 e. The highest BCUT2D eigenvalue weighted by molar-refractivity contribution is 6.24. The van der Waals surface area contributed by atoms with Gasteiger partial charge in [-0.1, -0.05) is 26.8 Å². The topological polar surface area (TPSA) is 173 Å². The highest BCUT2D eigenvalue weighted by Crippen LogP contribution is 2.52. The number of nitrogens with one attached hydrogen (secondary N) is 1. The van der Waals surface area contributed by atoms with Crippen molar-refractivity contribution in [1.82, 2.24) is 10.2 Å². The van der Waals surface area contributed by atoms with E-state index in [1.165, 1.54) is 4.90 Å². The molecule has 0 fully saturated rings. The number of nitrogens with zero attached hydrogens (tertiary/aromatic N) is 1. The summed E-state index contributed by atoms with van der Waals surface area (Å²) in [5, 5.41) is 48.4. The molecule has 0 saturated heterocycles. The molecule has 0 bridgehead atoms. The van der Waals surface area contributed by atoms with Gasteiger partial charge in [-0.25, -0.2) is 0 Å². The Bertz CT molecular complexity index is 1280. The molecule has 0 radical (unpaired) electrons. The summed E-state index contributed by atoms with van der Waals surface area (Å²) in [6, 6.07) is 0.886. The average molecular weight is 528 g/mol. The zero-order chi connectivity index (χ0) is 28.3. The van der Waals surface area contributed by atoms with Crippen molar-refractivity contribution < 1.29 is 34.8 Å². The van der Waals surface area contributed by atoms with E-state index < -0.39 is 58.0 Å². The van der Waals surface area contributed by atoms with Crippen LogP contribution in [0.3, 0.4) is 0 Å². The van der Waals surface area contributed by atoms with Gasteiger partial charge in [-0.05, 0) is 62.9 Å². The van der Waals surface area contributed by atoms with Gasteiger partial charge >= 0.3 is 0 Å². The maximum atomic E-state index is 13.9. The normalized spacial score (nSPS) is 27.1. The predicted molar refractivity (Wildman–Crippen MR) is 140 cm³/mol. The van der Waals surface area contributed by atoms with Crippen LogP contribution in [0.2, 0.25) is 0 Å². The molecule has 0 aromatic heterocycles. The number of carbonyl (C=O) groups excluding carboxylic acids is 3. The Hall–Kier alpha value is -3.21. The van der Waals surface area contributed by atoms with Gasteiger partial charge in [-0.3, -0.25) is 19.3 Å². The van der Waals surface area contributed by atoms with Crippen LogP contribution in [0, 0.1) is 17.8 Å². The monoisotopic (exact) mass is 527 g/mol. The van der Waals surface area contributed by atoms with Gasteiger partial charge < -0.3 is 31.5 Å². The summed E-state index contributed by atoms with van der Waals surface area (Å²) in [4.78, 5) is 40.9. The molecule has 1 amide bonds. The molecule has 0 unspecified atom stereocenters. The SMILES string of the molecule is CCc1cc(CNCC(C)C)c(O)c2c1C[C@H]1C[C@@H]3[C@H](N(C)C)C(O)=C(C(N)=O)C(=O)[C@@]3(O)C(O)=C1C2=O. The van der Waals surface area contributed by atoms with E-state index in [0.29, 0.717) is 43.0 Å². The number of aliphatic hydroxyl groups excluding tert-OH is 2. The lowest BCUT2D eigenvalue weighted by Crippen LogP contribution is -2.63. The highest BCUT2D eigenvalue weighted by atomic mass is 16.3. The number of allylic oxidation sites excluding steroid dienone is 1. The number of ketones is 2. The fourth-order valence-corrected chi connectivity index (χ4v) is 6.40. The van der Waals surface area contributed by atoms with Crippen LogP contribution in [0.4, 0.5) is 0 Å². The summed E-state index contributed by atoms with van der Waals surface area (Å²) in [6.45, 7) is 7.13. The van der Waals surface area contributed by atoms with Crippen LogP contribution >= 0.6 is 0 Å². The maximum absolute atomic E-state index is 13.9. The van der Waals surface area contributed by atoms with E-state index in [4.69, 9.17) is 5.73 Å². The number of nitrogens with two attached hydrogens (primary N) is 1. The number of aryl methyl sites for hydroxylation is 1. The van der Waals surface area contributed by atoms with Gasteiger partial charge in [0.1, 0.15) is 22.8 Å². The second-order valence-electron chi connectivity index (χ2n) is 11.2. The number of amides is 1. The smallest absolute Gasteiger partial charge is 0.255 e. The first kappa shape index (κ1) is 27.8. The summed E-state index contributed by atoms with van der Waals surface area (Å²) in [7, 11) is 3.21. The molecular formula is C28H37N3O7. The largest absolute Gasteiger partial charge is 0.510 e. The second kappa shape index (κ2) is 9.83. The van der Waals surface area contributed by atoms with E-state index in [1.54, 1.807) is 14.1 Å². The lowest BCUT2D eigenvalue weighted by atomic mass is 9.58. The number of fused-ring (bicyclic) bond motifs is 3. The average Bonchev–Trinajstić information content (AvgIpc) is 2.82. The van der Waals surface area contributed by atoms with Crippen molar-refractivity contribution in [3.63, 3.8) is 0 Å². The van der Waals surface area contributed by atoms with Crippen LogP contribution in [0.5, 0.6) is 5.75 Å². The van der Waals surface area contributed by atoms with Gasteiger partial charge in [0.25, 0.3) is 5.91 Å². The second-order valence-corrected chi connectivity index (χ2v) is 11.2. The number of hydrogen-bond acceptors (Lipinski definition) is 9. The minimum absolute atomic E-state index is 0.0616. The Morgan fingerprint density at radius 1 is 1.21 bits per heavy atom. The van der Waals surface area contributed by atoms with Gasteiger partial charge in [0.15, 0.2) is 11.4 Å². The standard InChI is InChI=1S/C28H37N3O7/c1-6-13-7-15(11-30-10-12(2)3)22(32)19-16(13)8-14-9-17-21(31(4)5)24(34)20(27(29)37)26(36)28(17,38)25(35)18(14)23(19)33/h7,12,14,17,21,30,32,34-35,38H,6,8-11H2,1-5H3,(H2,29,37)/t14-,17+,21-,28-/m0/s1. The number of hydrogen-bond donors (Lipinski definition) is 6. The zero-order valence-electron chi connectivity index (χ0n) is 22.5. The Morgan fingerprint density at radius 2 is 1.87 bits per heavy atom. The summed E-state index contributed by atoms with van der Waals surface area (Å²) in [6.07, 6.45) is 0.987. The Kier molecular flexibility index (Phi) is 7.20. The molecule has 1 aromatic carbocycles. The molecule has 206 valence electrons. The minimum atomic E-state index is -2.63. The Morgan fingerprint density at radius 3 is 2.42 bits per heavy atom. The molecule has 3 aliphatic rings. The van der Waals surface area contributed by atoms with Crippen molar-refractivity contribution in [3.8, 4) is 5.75 Å². The third-order valence-electron chi connectivity index (χ3n) is 8.14. The molecular weight excluding hydrogens is 490 g/mol. The van der Waals surface area contributed by atoms with Crippen LogP contribution < -0.4 is 11.1 Å². The molecule has 10 heteroatoms. The third-order valence-corrected chi connectivity index (χ3v) is 8.14. The molecule has 0 heterocycles. The first-order valence-corrected chi connectivity index (χ1v) is 13.0. The number of aromatic hydroxyl groups is 1. The lowest BCUT2D eigenvalue weighted by molar-refractivity contribution is -0.148. The number of aliphatic hydroxyl groups is 3. The van der Waals surface area contributed by atoms with E-state index in [2.05, 4.69) is 19.2 Å². The van der Waals surface area contributed by atoms with Gasteiger partial charge in [-0.2, -0.15) is 0 Å². The number of phenols is 1. The lowest BCUT2D eigenvalue weighted by Gasteiger charge is -2.50. The number of carbonyl (C=O) groups is 3. The first-order valence-electron chi connectivity index (χ1n) is 13.0. The minimum Gasteiger partial charge on any atom is -0.510 e. The highest BCUT2D eigenvalue weighted by Gasteiger charge is 2.63. The molecule has 4 rings (SSSR count). The summed E-state index contributed by atoms with van der Waals surface area (Å²) >= 11 is 0. The van der Waals surface area contributed by atoms with Crippen molar-refractivity contribution >= 4 is 17.5 Å². The molecule has 0 spiro atoms. The fourth-order valence-electron chi connectivity index (χ4n) is 6.40. The van der Waals surface area contributed by atoms with E-state index in [-0.39, 0.29) is 23.3 Å². The Balaban J connectivity index is 1.89. The quantitative estimate of drug-likeness (QED) is 0.287. The van der Waals surface area contributed by atoms with Crippen LogP contribution in [-0.2, 0) is 29.0 Å². The van der Waals surface area contributed by atoms with Crippen LogP contribution in [0.1, 0.15) is 54.2 Å². The molecule has 3 aliphatic carbocycles. The Labute approximate surface area is 221 Å². The van der Waals surface area contributed by atoms with Gasteiger partial charge in [0.2, 0.25) is 5.78 Å². The molecule has 7 N–H and O–H groups in total. The molecule has 4 atom stereocenters. The third kappa shape index (κ3) is 4.02. The van der Waals surface area contributed by atoms with E-state index >= 15 is 0 Å². The molecule has 0 aliphatic heterocycles. The van der Waals surface area contributed by atoms with Crippen LogP contribution in [0.15, 0.2) is 28.7 Å². The number of phenolic OH excluding ortho intramolecular Hbond substituents is 1. The van der Waals surface area contributed by atoms with Gasteiger partial charge in [0, 0.05) is 23.6 Å². The summed E-state index contributed by atoms with van der Waals surface area (Å²) < 4.78 is 0. The van der Waals surface area contributed by atoms with Crippen molar-refractivity contribution in [1.29, 1.82) is 0 Å². The summed E-state index contributed by atoms with van der Waals surface area (Å²) in [5.74, 6) is -5.98. The van der Waals surface area contributed by atoms with Crippen LogP contribution in [0.25, 0.3) is 0 Å². The number of likely N-dealkylation sites (N-methyl/N-ethyl adjacent to an activating group) is 1. The number of primary amides is 1. The first-order chi connectivity index (χ1) is 17.8. The fraction of sp³-hybridized carbons (Fsp3) is 0.536. The number of Topliss-reactive ketones (excluding diaryl/α,β-unsaturated/α-hetero) is 2. The van der Waals surface area contributed by atoms with Crippen molar-refractivity contribution in [2.45, 2.75) is 58.2 Å². The van der Waals surface area contributed by atoms with Crippen molar-refractivity contribution in [2.75, 3.05) is 20.6 Å². The van der Waals surface area contributed by atoms with Crippen molar-refractivity contribution in [3.05, 3.63) is 51.0 Å². The molecule has 10 nitrogen and oxygen atoms in total. The molecule has 1 aromatic rings. The van der Waals surface area contributed by atoms with E-state index in [0.717, 1.165) is 5.56 Å². The van der Waals surface area contributed by atoms with E-state index in [9.17, 15) is 34.8 Å². The number of benzene rings is 1. The molecule has 38 heavy (non-hydrogen) atoms. The number of rotatable bonds is 7. The van der Waals surface area contributed by atoms with Gasteiger partial charge in [0.05, 0.1) is 11.6 Å². The van der Waals surface area contributed by atoms with Gasteiger partial charge in [-0.15, -0.1) is 0 Å². The molecule has 0 saturated carbocycles.